The number of benzene rings is 2. The third-order valence-corrected chi connectivity index (χ3v) is 3.33. The second kappa shape index (κ2) is 8.08. The molecular formula is C18H18FNO3. The van der Waals surface area contributed by atoms with Gasteiger partial charge in [-0.15, -0.1) is 0 Å². The molecule has 2 aromatic carbocycles. The molecule has 0 fully saturated rings. The molecule has 0 aliphatic rings. The van der Waals surface area contributed by atoms with E-state index in [2.05, 4.69) is 5.32 Å². The minimum atomic E-state index is -0.461. The SMILES string of the molecule is C[C@H](CC(=O)OCC(=O)Nc1ccc(F)cc1)c1ccccc1. The average Bonchev–Trinajstić information content (AvgIpc) is 2.56. The van der Waals surface area contributed by atoms with Crippen molar-refractivity contribution in [2.24, 2.45) is 0 Å². The van der Waals surface area contributed by atoms with Crippen molar-refractivity contribution >= 4 is 17.6 Å². The molecule has 120 valence electrons. The Labute approximate surface area is 134 Å². The molecule has 5 heteroatoms. The summed E-state index contributed by atoms with van der Waals surface area (Å²) in [5.41, 5.74) is 1.49. The summed E-state index contributed by atoms with van der Waals surface area (Å²) in [7, 11) is 0. The van der Waals surface area contributed by atoms with Gasteiger partial charge in [-0.2, -0.15) is 0 Å². The van der Waals surface area contributed by atoms with Gasteiger partial charge >= 0.3 is 5.97 Å². The number of ether oxygens (including phenoxy) is 1. The molecule has 0 aliphatic heterocycles. The highest BCUT2D eigenvalue weighted by atomic mass is 19.1. The van der Waals surface area contributed by atoms with Crippen LogP contribution in [0.3, 0.4) is 0 Å². The number of nitrogens with one attached hydrogen (secondary N) is 1. The number of esters is 1. The zero-order valence-corrected chi connectivity index (χ0v) is 12.8. The van der Waals surface area contributed by atoms with Crippen molar-refractivity contribution in [1.29, 1.82) is 0 Å². The molecule has 0 aliphatic carbocycles. The highest BCUT2D eigenvalue weighted by Gasteiger charge is 2.13. The first-order chi connectivity index (χ1) is 11.0. The van der Waals surface area contributed by atoms with Crippen LogP contribution in [-0.2, 0) is 14.3 Å². The normalized spacial score (nSPS) is 11.6. The first kappa shape index (κ1) is 16.7. The van der Waals surface area contributed by atoms with Crippen molar-refractivity contribution in [3.05, 3.63) is 66.0 Å². The molecule has 1 amide bonds. The molecule has 2 rings (SSSR count). The van der Waals surface area contributed by atoms with E-state index in [4.69, 9.17) is 4.74 Å². The van der Waals surface area contributed by atoms with Gasteiger partial charge in [0.2, 0.25) is 0 Å². The predicted octanol–water partition coefficient (Wildman–Crippen LogP) is 3.50. The Morgan fingerprint density at radius 2 is 1.74 bits per heavy atom. The van der Waals surface area contributed by atoms with Gasteiger partial charge in [0.15, 0.2) is 6.61 Å². The molecule has 0 radical (unpaired) electrons. The first-order valence-electron chi connectivity index (χ1n) is 7.30. The molecule has 0 bridgehead atoms. The molecule has 0 aromatic heterocycles. The van der Waals surface area contributed by atoms with E-state index in [0.29, 0.717) is 5.69 Å². The Balaban J connectivity index is 1.75. The summed E-state index contributed by atoms with van der Waals surface area (Å²) >= 11 is 0. The van der Waals surface area contributed by atoms with Crippen LogP contribution < -0.4 is 5.32 Å². The Morgan fingerprint density at radius 1 is 1.09 bits per heavy atom. The van der Waals surface area contributed by atoms with E-state index in [1.165, 1.54) is 24.3 Å². The van der Waals surface area contributed by atoms with Gasteiger partial charge in [-0.3, -0.25) is 9.59 Å². The van der Waals surface area contributed by atoms with Crippen LogP contribution >= 0.6 is 0 Å². The van der Waals surface area contributed by atoms with Gasteiger partial charge in [0, 0.05) is 5.69 Å². The van der Waals surface area contributed by atoms with Crippen molar-refractivity contribution in [3.63, 3.8) is 0 Å². The fourth-order valence-electron chi connectivity index (χ4n) is 2.08. The number of amides is 1. The van der Waals surface area contributed by atoms with Crippen LogP contribution in [0.2, 0.25) is 0 Å². The topological polar surface area (TPSA) is 55.4 Å². The van der Waals surface area contributed by atoms with Crippen LogP contribution in [0.15, 0.2) is 54.6 Å². The van der Waals surface area contributed by atoms with Gasteiger partial charge in [-0.1, -0.05) is 37.3 Å². The average molecular weight is 315 g/mol. The van der Waals surface area contributed by atoms with Crippen LogP contribution in [-0.4, -0.2) is 18.5 Å². The minimum Gasteiger partial charge on any atom is -0.456 e. The van der Waals surface area contributed by atoms with Gasteiger partial charge in [-0.25, -0.2) is 4.39 Å². The number of anilines is 1. The zero-order valence-electron chi connectivity index (χ0n) is 12.8. The summed E-state index contributed by atoms with van der Waals surface area (Å²) in [5.74, 6) is -1.26. The van der Waals surface area contributed by atoms with Crippen molar-refractivity contribution in [3.8, 4) is 0 Å². The molecule has 4 nitrogen and oxygen atoms in total. The smallest absolute Gasteiger partial charge is 0.306 e. The summed E-state index contributed by atoms with van der Waals surface area (Å²) in [6.45, 7) is 1.56. The molecule has 0 spiro atoms. The van der Waals surface area contributed by atoms with Crippen molar-refractivity contribution in [1.82, 2.24) is 0 Å². The molecule has 1 atom stereocenters. The quantitative estimate of drug-likeness (QED) is 0.830. The van der Waals surface area contributed by atoms with Gasteiger partial charge in [0.1, 0.15) is 5.82 Å². The highest BCUT2D eigenvalue weighted by Crippen LogP contribution is 2.18. The molecule has 0 heterocycles. The predicted molar refractivity (Wildman–Crippen MR) is 85.5 cm³/mol. The Morgan fingerprint density at radius 3 is 2.39 bits per heavy atom. The van der Waals surface area contributed by atoms with Crippen LogP contribution in [0, 0.1) is 5.82 Å². The van der Waals surface area contributed by atoms with E-state index in [9.17, 15) is 14.0 Å². The summed E-state index contributed by atoms with van der Waals surface area (Å²) in [5, 5.41) is 2.53. The Bertz CT molecular complexity index is 656. The molecule has 1 N–H and O–H groups in total. The fraction of sp³-hybridized carbons (Fsp3) is 0.222. The lowest BCUT2D eigenvalue weighted by atomic mass is 9.98. The van der Waals surface area contributed by atoms with E-state index in [1.807, 2.05) is 37.3 Å². The lowest BCUT2D eigenvalue weighted by Gasteiger charge is -2.11. The van der Waals surface area contributed by atoms with E-state index < -0.39 is 11.9 Å². The highest BCUT2D eigenvalue weighted by molar-refractivity contribution is 5.92. The third kappa shape index (κ3) is 5.54. The van der Waals surface area contributed by atoms with Crippen LogP contribution in [0.4, 0.5) is 10.1 Å². The molecule has 23 heavy (non-hydrogen) atoms. The maximum Gasteiger partial charge on any atom is 0.306 e. The standard InChI is InChI=1S/C18H18FNO3/c1-13(14-5-3-2-4-6-14)11-18(22)23-12-17(21)20-16-9-7-15(19)8-10-16/h2-10,13H,11-12H2,1H3,(H,20,21)/t13-/m1/s1. The maximum atomic E-state index is 12.8. The van der Waals surface area contributed by atoms with Crippen molar-refractivity contribution in [2.45, 2.75) is 19.3 Å². The lowest BCUT2D eigenvalue weighted by Crippen LogP contribution is -2.21. The molecule has 0 saturated carbocycles. The maximum absolute atomic E-state index is 12.8. The Kier molecular flexibility index (Phi) is 5.86. The number of rotatable bonds is 6. The molecule has 2 aromatic rings. The van der Waals surface area contributed by atoms with Crippen LogP contribution in [0.1, 0.15) is 24.8 Å². The second-order valence-corrected chi connectivity index (χ2v) is 5.23. The third-order valence-electron chi connectivity index (χ3n) is 3.33. The van der Waals surface area contributed by atoms with Crippen LogP contribution in [0.5, 0.6) is 0 Å². The van der Waals surface area contributed by atoms with Crippen molar-refractivity contribution in [2.75, 3.05) is 11.9 Å². The summed E-state index contributed by atoms with van der Waals surface area (Å²) < 4.78 is 17.7. The number of carbonyl (C=O) groups is 2. The summed E-state index contributed by atoms with van der Waals surface area (Å²) in [4.78, 5) is 23.5. The zero-order chi connectivity index (χ0) is 16.7. The minimum absolute atomic E-state index is 0.0175. The largest absolute Gasteiger partial charge is 0.456 e. The molecular weight excluding hydrogens is 297 g/mol. The fourth-order valence-corrected chi connectivity index (χ4v) is 2.08. The molecule has 0 saturated heterocycles. The summed E-state index contributed by atoms with van der Waals surface area (Å²) in [6, 6.07) is 15.0. The monoisotopic (exact) mass is 315 g/mol. The Hall–Kier alpha value is -2.69. The summed E-state index contributed by atoms with van der Waals surface area (Å²) in [6.07, 6.45) is 0.202. The van der Waals surface area contributed by atoms with Gasteiger partial charge in [-0.05, 0) is 35.7 Å². The number of carbonyl (C=O) groups excluding carboxylic acids is 2. The van der Waals surface area contributed by atoms with Crippen LogP contribution in [0.25, 0.3) is 0 Å². The lowest BCUT2D eigenvalue weighted by molar-refractivity contribution is -0.147. The van der Waals surface area contributed by atoms with Gasteiger partial charge in [0.05, 0.1) is 6.42 Å². The van der Waals surface area contributed by atoms with E-state index in [0.717, 1.165) is 5.56 Å². The van der Waals surface area contributed by atoms with Gasteiger partial charge in [0.25, 0.3) is 5.91 Å². The van der Waals surface area contributed by atoms with E-state index >= 15 is 0 Å². The number of hydrogen-bond donors (Lipinski definition) is 1. The van der Waals surface area contributed by atoms with E-state index in [1.54, 1.807) is 0 Å². The first-order valence-corrected chi connectivity index (χ1v) is 7.30. The van der Waals surface area contributed by atoms with Gasteiger partial charge < -0.3 is 10.1 Å². The molecule has 0 unspecified atom stereocenters. The number of halogens is 1. The second-order valence-electron chi connectivity index (χ2n) is 5.23. The van der Waals surface area contributed by atoms with E-state index in [-0.39, 0.29) is 24.8 Å². The number of hydrogen-bond acceptors (Lipinski definition) is 3. The van der Waals surface area contributed by atoms with Crippen molar-refractivity contribution < 1.29 is 18.7 Å².